The number of halogens is 1. The van der Waals surface area contributed by atoms with Crippen LogP contribution in [0.15, 0.2) is 23.6 Å². The fraction of sp³-hybridized carbons (Fsp3) is 0.250. The third-order valence-electron chi connectivity index (χ3n) is 2.47. The molecule has 0 radical (unpaired) electrons. The monoisotopic (exact) mass is 281 g/mol. The zero-order valence-corrected chi connectivity index (χ0v) is 11.0. The first-order chi connectivity index (χ1) is 9.04. The second-order valence-electron chi connectivity index (χ2n) is 3.99. The van der Waals surface area contributed by atoms with E-state index in [1.165, 1.54) is 12.1 Å². The second kappa shape index (κ2) is 5.75. The highest BCUT2D eigenvalue weighted by Crippen LogP contribution is 2.20. The van der Waals surface area contributed by atoms with Gasteiger partial charge in [-0.2, -0.15) is 0 Å². The lowest BCUT2D eigenvalue weighted by Crippen LogP contribution is -2.05. The van der Waals surface area contributed by atoms with E-state index in [9.17, 15) is 14.5 Å². The van der Waals surface area contributed by atoms with Crippen molar-refractivity contribution in [1.82, 2.24) is 4.98 Å². The van der Waals surface area contributed by atoms with E-state index >= 15 is 0 Å². The number of hydrogen-bond acceptors (Lipinski definition) is 5. The number of thiazole rings is 1. The maximum atomic E-state index is 13.2. The molecule has 2 rings (SSSR count). The molecule has 0 saturated carbocycles. The largest absolute Gasteiger partial charge is 0.384 e. The molecule has 2 aromatic rings. The molecule has 0 unspecified atom stereocenters. The van der Waals surface area contributed by atoms with Crippen LogP contribution in [0.3, 0.4) is 0 Å². The first-order valence-electron chi connectivity index (χ1n) is 5.64. The minimum Gasteiger partial charge on any atom is -0.384 e. The number of nitro benzene ring substituents is 1. The molecule has 19 heavy (non-hydrogen) atoms. The molecule has 0 fully saturated rings. The van der Waals surface area contributed by atoms with Crippen molar-refractivity contribution >= 4 is 22.7 Å². The molecule has 0 spiro atoms. The summed E-state index contributed by atoms with van der Waals surface area (Å²) in [6, 6.07) is 3.45. The molecule has 1 aromatic heterocycles. The van der Waals surface area contributed by atoms with Gasteiger partial charge in [-0.05, 0) is 13.0 Å². The van der Waals surface area contributed by atoms with Gasteiger partial charge in [0.05, 0.1) is 21.7 Å². The van der Waals surface area contributed by atoms with Crippen LogP contribution >= 0.6 is 11.3 Å². The van der Waals surface area contributed by atoms with Crippen LogP contribution in [0.2, 0.25) is 0 Å². The molecule has 0 atom stereocenters. The Morgan fingerprint density at radius 3 is 2.89 bits per heavy atom. The number of benzene rings is 1. The van der Waals surface area contributed by atoms with Gasteiger partial charge in [0.25, 0.3) is 5.69 Å². The average molecular weight is 281 g/mol. The van der Waals surface area contributed by atoms with Gasteiger partial charge in [-0.25, -0.2) is 9.37 Å². The molecular weight excluding hydrogens is 269 g/mol. The van der Waals surface area contributed by atoms with Gasteiger partial charge in [0.1, 0.15) is 5.82 Å². The topological polar surface area (TPSA) is 68.1 Å². The van der Waals surface area contributed by atoms with Crippen LogP contribution in [-0.2, 0) is 6.42 Å². The van der Waals surface area contributed by atoms with Crippen molar-refractivity contribution in [2.45, 2.75) is 13.3 Å². The number of nitro groups is 1. The van der Waals surface area contributed by atoms with Gasteiger partial charge in [-0.1, -0.05) is 0 Å². The lowest BCUT2D eigenvalue weighted by Gasteiger charge is -2.05. The van der Waals surface area contributed by atoms with Crippen LogP contribution in [0.1, 0.15) is 10.7 Å². The van der Waals surface area contributed by atoms with Crippen LogP contribution in [0.4, 0.5) is 15.8 Å². The summed E-state index contributed by atoms with van der Waals surface area (Å²) in [7, 11) is 0. The SMILES string of the molecule is Cc1nc(CCNc2cc(F)cc([N+](=O)[O-])c2)cs1. The summed E-state index contributed by atoms with van der Waals surface area (Å²) in [5, 5.41) is 16.5. The number of anilines is 1. The zero-order chi connectivity index (χ0) is 13.8. The predicted octanol–water partition coefficient (Wildman–Crippen LogP) is 3.15. The quantitative estimate of drug-likeness (QED) is 0.675. The Balaban J connectivity index is 1.97. The summed E-state index contributed by atoms with van der Waals surface area (Å²) in [5.41, 5.74) is 1.10. The van der Waals surface area contributed by atoms with E-state index in [1.54, 1.807) is 11.3 Å². The Morgan fingerprint density at radius 1 is 1.47 bits per heavy atom. The molecule has 0 aliphatic carbocycles. The van der Waals surface area contributed by atoms with Crippen molar-refractivity contribution in [3.63, 3.8) is 0 Å². The molecule has 0 bridgehead atoms. The number of hydrogen-bond donors (Lipinski definition) is 1. The third-order valence-corrected chi connectivity index (χ3v) is 3.29. The minimum absolute atomic E-state index is 0.257. The Hall–Kier alpha value is -2.02. The molecule has 0 amide bonds. The normalized spacial score (nSPS) is 10.4. The van der Waals surface area contributed by atoms with Crippen LogP contribution in [0, 0.1) is 22.9 Å². The summed E-state index contributed by atoms with van der Waals surface area (Å²) < 4.78 is 13.2. The van der Waals surface area contributed by atoms with Crippen molar-refractivity contribution in [2.24, 2.45) is 0 Å². The van der Waals surface area contributed by atoms with E-state index in [4.69, 9.17) is 0 Å². The Kier molecular flexibility index (Phi) is 4.06. The molecule has 1 heterocycles. The predicted molar refractivity (Wildman–Crippen MR) is 72.1 cm³/mol. The Morgan fingerprint density at radius 2 is 2.26 bits per heavy atom. The van der Waals surface area contributed by atoms with Crippen LogP contribution < -0.4 is 5.32 Å². The lowest BCUT2D eigenvalue weighted by molar-refractivity contribution is -0.385. The first kappa shape index (κ1) is 13.4. The van der Waals surface area contributed by atoms with Gasteiger partial charge >= 0.3 is 0 Å². The van der Waals surface area contributed by atoms with Crippen LogP contribution in [0.25, 0.3) is 0 Å². The van der Waals surface area contributed by atoms with Gasteiger partial charge in [0.2, 0.25) is 0 Å². The fourth-order valence-corrected chi connectivity index (χ4v) is 2.29. The number of aromatic nitrogens is 1. The number of rotatable bonds is 5. The fourth-order valence-electron chi connectivity index (χ4n) is 1.64. The van der Waals surface area contributed by atoms with Crippen molar-refractivity contribution in [1.29, 1.82) is 0 Å². The van der Waals surface area contributed by atoms with Gasteiger partial charge in [0, 0.05) is 30.1 Å². The average Bonchev–Trinajstić information content (AvgIpc) is 2.74. The summed E-state index contributed by atoms with van der Waals surface area (Å²) >= 11 is 1.57. The van der Waals surface area contributed by atoms with Gasteiger partial charge < -0.3 is 5.32 Å². The molecule has 0 saturated heterocycles. The van der Waals surface area contributed by atoms with Gasteiger partial charge in [-0.15, -0.1) is 11.3 Å². The van der Waals surface area contributed by atoms with Crippen LogP contribution in [-0.4, -0.2) is 16.5 Å². The standard InChI is InChI=1S/C12H12FN3O2S/c1-8-15-10(7-19-8)2-3-14-11-4-9(13)5-12(6-11)16(17)18/h4-7,14H,2-3H2,1H3. The first-order valence-corrected chi connectivity index (χ1v) is 6.52. The zero-order valence-electron chi connectivity index (χ0n) is 10.2. The van der Waals surface area contributed by atoms with Crippen molar-refractivity contribution < 1.29 is 9.31 Å². The minimum atomic E-state index is -0.624. The van der Waals surface area contributed by atoms with E-state index < -0.39 is 10.7 Å². The van der Waals surface area contributed by atoms with E-state index in [0.29, 0.717) is 18.7 Å². The highest BCUT2D eigenvalue weighted by atomic mass is 32.1. The molecule has 1 N–H and O–H groups in total. The Labute approximate surface area is 113 Å². The smallest absolute Gasteiger partial charge is 0.274 e. The van der Waals surface area contributed by atoms with Gasteiger partial charge in [-0.3, -0.25) is 10.1 Å². The molecule has 5 nitrogen and oxygen atoms in total. The van der Waals surface area contributed by atoms with E-state index in [-0.39, 0.29) is 5.69 Å². The van der Waals surface area contributed by atoms with Crippen molar-refractivity contribution in [3.8, 4) is 0 Å². The molecule has 0 aliphatic rings. The third kappa shape index (κ3) is 3.72. The molecule has 0 aliphatic heterocycles. The second-order valence-corrected chi connectivity index (χ2v) is 5.05. The molecular formula is C12H12FN3O2S. The molecule has 1 aromatic carbocycles. The number of aryl methyl sites for hydroxylation is 1. The van der Waals surface area contributed by atoms with E-state index in [1.807, 2.05) is 12.3 Å². The summed E-state index contributed by atoms with van der Waals surface area (Å²) in [6.45, 7) is 2.47. The number of non-ortho nitro benzene ring substituents is 1. The summed E-state index contributed by atoms with van der Waals surface area (Å²) in [6.07, 6.45) is 0.689. The van der Waals surface area contributed by atoms with Crippen LogP contribution in [0.5, 0.6) is 0 Å². The maximum Gasteiger partial charge on any atom is 0.274 e. The van der Waals surface area contributed by atoms with Gasteiger partial charge in [0.15, 0.2) is 0 Å². The highest BCUT2D eigenvalue weighted by Gasteiger charge is 2.09. The Bertz CT molecular complexity index is 600. The van der Waals surface area contributed by atoms with E-state index in [0.717, 1.165) is 16.8 Å². The number of nitrogens with one attached hydrogen (secondary N) is 1. The summed E-state index contributed by atoms with van der Waals surface area (Å²) in [5.74, 6) is -0.624. The molecule has 100 valence electrons. The van der Waals surface area contributed by atoms with E-state index in [2.05, 4.69) is 10.3 Å². The maximum absolute atomic E-state index is 13.2. The number of nitrogens with zero attached hydrogens (tertiary/aromatic N) is 2. The lowest BCUT2D eigenvalue weighted by atomic mass is 10.2. The molecule has 7 heteroatoms. The van der Waals surface area contributed by atoms with Crippen molar-refractivity contribution in [2.75, 3.05) is 11.9 Å². The van der Waals surface area contributed by atoms with Crippen molar-refractivity contribution in [3.05, 3.63) is 50.2 Å². The highest BCUT2D eigenvalue weighted by molar-refractivity contribution is 7.09. The summed E-state index contributed by atoms with van der Waals surface area (Å²) in [4.78, 5) is 14.3.